The fourth-order valence-electron chi connectivity index (χ4n) is 2.74. The van der Waals surface area contributed by atoms with Crippen LogP contribution < -0.4 is 15.4 Å². The summed E-state index contributed by atoms with van der Waals surface area (Å²) >= 11 is 6.13. The molecule has 0 unspecified atom stereocenters. The minimum absolute atomic E-state index is 0.0702. The molecule has 0 saturated heterocycles. The Bertz CT molecular complexity index is 499. The average molecular weight is 311 g/mol. The number of carbonyl (C=O) groups excluding carboxylic acids is 1. The van der Waals surface area contributed by atoms with Gasteiger partial charge in [-0.3, -0.25) is 0 Å². The summed E-state index contributed by atoms with van der Waals surface area (Å²) in [5.74, 6) is 0.685. The van der Waals surface area contributed by atoms with Gasteiger partial charge in [0, 0.05) is 12.6 Å². The molecule has 0 atom stereocenters. The first-order valence-corrected chi connectivity index (χ1v) is 7.85. The van der Waals surface area contributed by atoms with E-state index in [0.29, 0.717) is 23.4 Å². The van der Waals surface area contributed by atoms with E-state index < -0.39 is 0 Å². The maximum Gasteiger partial charge on any atom is 0.315 e. The van der Waals surface area contributed by atoms with Crippen LogP contribution in [0.1, 0.15) is 36.8 Å². The monoisotopic (exact) mass is 310 g/mol. The molecule has 2 amide bonds. The molecule has 2 rings (SSSR count). The van der Waals surface area contributed by atoms with Crippen LogP contribution in [0, 0.1) is 6.92 Å². The third-order valence-electron chi connectivity index (χ3n) is 3.98. The lowest BCUT2D eigenvalue weighted by atomic mass is 10.1. The summed E-state index contributed by atoms with van der Waals surface area (Å²) in [6, 6.07) is 4.11. The second kappa shape index (κ2) is 7.55. The number of aryl methyl sites for hydroxylation is 1. The molecule has 0 bridgehead atoms. The highest BCUT2D eigenvalue weighted by molar-refractivity contribution is 6.32. The van der Waals surface area contributed by atoms with Gasteiger partial charge in [0.05, 0.1) is 12.1 Å². The van der Waals surface area contributed by atoms with Crippen molar-refractivity contribution in [1.29, 1.82) is 0 Å². The standard InChI is InChI=1S/C16H23ClN2O2/c1-11-9-15(21-2)14(17)10-12(11)7-8-18-16(20)19-13-5-3-4-6-13/h9-10,13H,3-8H2,1-2H3,(H2,18,19,20). The Labute approximate surface area is 131 Å². The van der Waals surface area contributed by atoms with Gasteiger partial charge in [0.2, 0.25) is 0 Å². The van der Waals surface area contributed by atoms with Gasteiger partial charge in [0.1, 0.15) is 5.75 Å². The van der Waals surface area contributed by atoms with Crippen LogP contribution in [0.5, 0.6) is 5.75 Å². The maximum atomic E-state index is 11.8. The van der Waals surface area contributed by atoms with Gasteiger partial charge in [-0.2, -0.15) is 0 Å². The predicted octanol–water partition coefficient (Wildman–Crippen LogP) is 3.44. The zero-order chi connectivity index (χ0) is 15.2. The minimum Gasteiger partial charge on any atom is -0.495 e. The van der Waals surface area contributed by atoms with Crippen molar-refractivity contribution in [3.63, 3.8) is 0 Å². The molecule has 0 spiro atoms. The summed E-state index contributed by atoms with van der Waals surface area (Å²) in [7, 11) is 1.61. The van der Waals surface area contributed by atoms with Crippen molar-refractivity contribution < 1.29 is 9.53 Å². The van der Waals surface area contributed by atoms with Crippen molar-refractivity contribution in [3.8, 4) is 5.75 Å². The molecule has 0 radical (unpaired) electrons. The maximum absolute atomic E-state index is 11.8. The van der Waals surface area contributed by atoms with Crippen LogP contribution in [0.4, 0.5) is 4.79 Å². The zero-order valence-electron chi connectivity index (χ0n) is 12.7. The van der Waals surface area contributed by atoms with Crippen molar-refractivity contribution in [3.05, 3.63) is 28.3 Å². The lowest BCUT2D eigenvalue weighted by Gasteiger charge is -2.14. The second-order valence-electron chi connectivity index (χ2n) is 5.54. The Morgan fingerprint density at radius 1 is 1.38 bits per heavy atom. The molecule has 5 heteroatoms. The molecule has 0 aliphatic heterocycles. The molecule has 4 nitrogen and oxygen atoms in total. The van der Waals surface area contributed by atoms with E-state index in [9.17, 15) is 4.79 Å². The van der Waals surface area contributed by atoms with E-state index in [-0.39, 0.29) is 6.03 Å². The van der Waals surface area contributed by atoms with Crippen LogP contribution in [0.2, 0.25) is 5.02 Å². The van der Waals surface area contributed by atoms with Crippen LogP contribution in [-0.4, -0.2) is 25.7 Å². The van der Waals surface area contributed by atoms with Gasteiger partial charge in [-0.15, -0.1) is 0 Å². The second-order valence-corrected chi connectivity index (χ2v) is 5.95. The van der Waals surface area contributed by atoms with E-state index in [2.05, 4.69) is 10.6 Å². The number of hydrogen-bond donors (Lipinski definition) is 2. The third kappa shape index (κ3) is 4.53. The van der Waals surface area contributed by atoms with Gasteiger partial charge in [-0.05, 0) is 49.4 Å². The number of urea groups is 1. The lowest BCUT2D eigenvalue weighted by Crippen LogP contribution is -2.41. The first-order chi connectivity index (χ1) is 10.1. The highest BCUT2D eigenvalue weighted by Gasteiger charge is 2.16. The van der Waals surface area contributed by atoms with Gasteiger partial charge in [-0.1, -0.05) is 24.4 Å². The molecular formula is C16H23ClN2O2. The molecule has 0 heterocycles. The van der Waals surface area contributed by atoms with Gasteiger partial charge >= 0.3 is 6.03 Å². The van der Waals surface area contributed by atoms with Crippen LogP contribution >= 0.6 is 11.6 Å². The summed E-state index contributed by atoms with van der Waals surface area (Å²) in [4.78, 5) is 11.8. The molecule has 1 aromatic carbocycles. The van der Waals surface area contributed by atoms with E-state index in [1.165, 1.54) is 12.8 Å². The van der Waals surface area contributed by atoms with E-state index in [1.54, 1.807) is 7.11 Å². The van der Waals surface area contributed by atoms with Gasteiger partial charge in [0.25, 0.3) is 0 Å². The van der Waals surface area contributed by atoms with Crippen LogP contribution in [0.25, 0.3) is 0 Å². The SMILES string of the molecule is COc1cc(C)c(CCNC(=O)NC2CCCC2)cc1Cl. The molecule has 1 aromatic rings. The molecule has 1 saturated carbocycles. The summed E-state index contributed by atoms with van der Waals surface area (Å²) in [5, 5.41) is 6.53. The molecule has 0 aromatic heterocycles. The van der Waals surface area contributed by atoms with Gasteiger partial charge < -0.3 is 15.4 Å². The molecule has 21 heavy (non-hydrogen) atoms. The summed E-state index contributed by atoms with van der Waals surface area (Å²) in [6.45, 7) is 2.62. The summed E-state index contributed by atoms with van der Waals surface area (Å²) in [5.41, 5.74) is 2.25. The number of hydrogen-bond acceptors (Lipinski definition) is 2. The Kier molecular flexibility index (Phi) is 5.74. The number of nitrogens with one attached hydrogen (secondary N) is 2. The zero-order valence-corrected chi connectivity index (χ0v) is 13.4. The van der Waals surface area contributed by atoms with Crippen molar-refractivity contribution in [2.45, 2.75) is 45.1 Å². The third-order valence-corrected chi connectivity index (χ3v) is 4.28. The minimum atomic E-state index is -0.0702. The van der Waals surface area contributed by atoms with E-state index in [1.807, 2.05) is 19.1 Å². The highest BCUT2D eigenvalue weighted by Crippen LogP contribution is 2.27. The first-order valence-electron chi connectivity index (χ1n) is 7.47. The van der Waals surface area contributed by atoms with Crippen LogP contribution in [0.15, 0.2) is 12.1 Å². The molecule has 2 N–H and O–H groups in total. The van der Waals surface area contributed by atoms with Crippen molar-refractivity contribution in [2.75, 3.05) is 13.7 Å². The van der Waals surface area contributed by atoms with Crippen LogP contribution in [-0.2, 0) is 6.42 Å². The van der Waals surface area contributed by atoms with Crippen molar-refractivity contribution >= 4 is 17.6 Å². The molecular weight excluding hydrogens is 288 g/mol. The van der Waals surface area contributed by atoms with Crippen LogP contribution in [0.3, 0.4) is 0 Å². The van der Waals surface area contributed by atoms with Gasteiger partial charge in [0.15, 0.2) is 0 Å². The quantitative estimate of drug-likeness (QED) is 0.875. The number of amides is 2. The summed E-state index contributed by atoms with van der Waals surface area (Å²) in [6.07, 6.45) is 5.39. The number of benzene rings is 1. The number of rotatable bonds is 5. The molecule has 116 valence electrons. The number of methoxy groups -OCH3 is 1. The molecule has 1 aliphatic rings. The Morgan fingerprint density at radius 2 is 2.10 bits per heavy atom. The Morgan fingerprint density at radius 3 is 2.76 bits per heavy atom. The highest BCUT2D eigenvalue weighted by atomic mass is 35.5. The lowest BCUT2D eigenvalue weighted by molar-refractivity contribution is 0.237. The topological polar surface area (TPSA) is 50.4 Å². The smallest absolute Gasteiger partial charge is 0.315 e. The van der Waals surface area contributed by atoms with Gasteiger partial charge in [-0.25, -0.2) is 4.79 Å². The Hall–Kier alpha value is -1.42. The number of halogens is 1. The van der Waals surface area contributed by atoms with E-state index in [0.717, 1.165) is 30.4 Å². The van der Waals surface area contributed by atoms with E-state index in [4.69, 9.17) is 16.3 Å². The largest absolute Gasteiger partial charge is 0.495 e. The number of ether oxygens (including phenoxy) is 1. The molecule has 1 fully saturated rings. The molecule has 1 aliphatic carbocycles. The predicted molar refractivity (Wildman–Crippen MR) is 85.2 cm³/mol. The average Bonchev–Trinajstić information content (AvgIpc) is 2.95. The van der Waals surface area contributed by atoms with E-state index >= 15 is 0 Å². The summed E-state index contributed by atoms with van der Waals surface area (Å²) < 4.78 is 5.19. The van der Waals surface area contributed by atoms with Crippen molar-refractivity contribution in [1.82, 2.24) is 10.6 Å². The van der Waals surface area contributed by atoms with Crippen molar-refractivity contribution in [2.24, 2.45) is 0 Å². The number of carbonyl (C=O) groups is 1. The first kappa shape index (κ1) is 16.0. The fraction of sp³-hybridized carbons (Fsp3) is 0.562. The fourth-order valence-corrected chi connectivity index (χ4v) is 3.00. The normalized spacial score (nSPS) is 15.0. The Balaban J connectivity index is 1.80.